The molecule has 0 unspecified atom stereocenters. The second-order valence-corrected chi connectivity index (χ2v) is 9.71. The van der Waals surface area contributed by atoms with Crippen LogP contribution in [-0.2, 0) is 16.4 Å². The maximum absolute atomic E-state index is 11.9. The van der Waals surface area contributed by atoms with Crippen molar-refractivity contribution in [2.75, 3.05) is 16.8 Å². The van der Waals surface area contributed by atoms with Gasteiger partial charge in [-0.2, -0.15) is 0 Å². The van der Waals surface area contributed by atoms with Crippen LogP contribution in [0.5, 0.6) is 0 Å². The van der Waals surface area contributed by atoms with Crippen molar-refractivity contribution in [3.8, 4) is 0 Å². The molecule has 0 bridgehead atoms. The molecule has 1 aromatic heterocycles. The maximum Gasteiger partial charge on any atom is 0.174 e. The van der Waals surface area contributed by atoms with Crippen LogP contribution in [0.4, 0.5) is 5.69 Å². The first-order valence-electron chi connectivity index (χ1n) is 7.80. The summed E-state index contributed by atoms with van der Waals surface area (Å²) in [6.07, 6.45) is 0.628. The summed E-state index contributed by atoms with van der Waals surface area (Å²) in [5.74, 6) is 0.417. The van der Waals surface area contributed by atoms with Crippen molar-refractivity contribution in [3.05, 3.63) is 52.2 Å². The van der Waals surface area contributed by atoms with E-state index in [9.17, 15) is 8.42 Å². The van der Waals surface area contributed by atoms with Gasteiger partial charge in [-0.05, 0) is 49.1 Å². The molecule has 1 aliphatic rings. The molecule has 24 heavy (non-hydrogen) atoms. The number of sulfone groups is 1. The van der Waals surface area contributed by atoms with Gasteiger partial charge in [0.25, 0.3) is 0 Å². The van der Waals surface area contributed by atoms with Crippen LogP contribution in [0.25, 0.3) is 0 Å². The van der Waals surface area contributed by atoms with Gasteiger partial charge >= 0.3 is 0 Å². The van der Waals surface area contributed by atoms with Crippen LogP contribution < -0.4 is 5.32 Å². The molecular formula is C17H20N2O2S3. The number of nitrogens with zero attached hydrogens (tertiary/aromatic N) is 1. The highest BCUT2D eigenvalue weighted by Crippen LogP contribution is 2.23. The van der Waals surface area contributed by atoms with E-state index in [1.54, 1.807) is 11.3 Å². The van der Waals surface area contributed by atoms with E-state index < -0.39 is 9.84 Å². The Bertz CT molecular complexity index is 799. The van der Waals surface area contributed by atoms with Crippen LogP contribution in [-0.4, -0.2) is 36.0 Å². The van der Waals surface area contributed by atoms with Crippen molar-refractivity contribution < 1.29 is 8.42 Å². The van der Waals surface area contributed by atoms with Gasteiger partial charge in [0, 0.05) is 16.6 Å². The Morgan fingerprint density at radius 2 is 2.08 bits per heavy atom. The Hall–Kier alpha value is -1.44. The van der Waals surface area contributed by atoms with E-state index in [-0.39, 0.29) is 17.5 Å². The minimum Gasteiger partial charge on any atom is -0.340 e. The molecule has 0 aliphatic carbocycles. The molecule has 2 aromatic rings. The first kappa shape index (κ1) is 17.4. The highest BCUT2D eigenvalue weighted by molar-refractivity contribution is 7.91. The van der Waals surface area contributed by atoms with E-state index in [0.717, 1.165) is 5.69 Å². The zero-order valence-corrected chi connectivity index (χ0v) is 15.9. The number of anilines is 1. The fourth-order valence-electron chi connectivity index (χ4n) is 2.79. The lowest BCUT2D eigenvalue weighted by Gasteiger charge is -2.30. The maximum atomic E-state index is 11.9. The van der Waals surface area contributed by atoms with Crippen LogP contribution in [0, 0.1) is 6.92 Å². The van der Waals surface area contributed by atoms with Crippen LogP contribution in [0.3, 0.4) is 0 Å². The van der Waals surface area contributed by atoms with Gasteiger partial charge in [0.05, 0.1) is 18.1 Å². The normalized spacial score (nSPS) is 19.1. The molecular weight excluding hydrogens is 360 g/mol. The summed E-state index contributed by atoms with van der Waals surface area (Å²) in [4.78, 5) is 3.19. The second-order valence-electron chi connectivity index (χ2n) is 6.06. The minimum atomic E-state index is -2.96. The van der Waals surface area contributed by atoms with Gasteiger partial charge in [0.15, 0.2) is 14.9 Å². The average Bonchev–Trinajstić information content (AvgIpc) is 3.16. The molecule has 0 saturated carbocycles. The molecule has 1 atom stereocenters. The van der Waals surface area contributed by atoms with Gasteiger partial charge in [0.2, 0.25) is 0 Å². The molecule has 0 spiro atoms. The number of benzene rings is 1. The molecule has 1 N–H and O–H groups in total. The van der Waals surface area contributed by atoms with Gasteiger partial charge in [-0.3, -0.25) is 0 Å². The SMILES string of the molecule is Cc1ccc(NC(=S)N(Cc2cccs2)[C@@H]2CCS(=O)(=O)C2)cc1. The standard InChI is InChI=1S/C17H20N2O2S3/c1-13-4-6-14(7-5-13)18-17(22)19(11-16-3-2-9-23-16)15-8-10-24(20,21)12-15/h2-7,9,15H,8,10-12H2,1H3,(H,18,22)/t15-/m1/s1. The van der Waals surface area contributed by atoms with Crippen molar-refractivity contribution >= 4 is 44.2 Å². The van der Waals surface area contributed by atoms with E-state index >= 15 is 0 Å². The zero-order chi connectivity index (χ0) is 17.2. The smallest absolute Gasteiger partial charge is 0.174 e. The molecule has 7 heteroatoms. The monoisotopic (exact) mass is 380 g/mol. The van der Waals surface area contributed by atoms with Gasteiger partial charge in [-0.15, -0.1) is 11.3 Å². The molecule has 0 amide bonds. The number of thiocarbonyl (C=S) groups is 1. The van der Waals surface area contributed by atoms with Crippen molar-refractivity contribution in [2.24, 2.45) is 0 Å². The molecule has 1 saturated heterocycles. The number of nitrogens with one attached hydrogen (secondary N) is 1. The first-order valence-corrected chi connectivity index (χ1v) is 10.9. The Kier molecular flexibility index (Phi) is 5.22. The third kappa shape index (κ3) is 4.34. The molecule has 2 heterocycles. The summed E-state index contributed by atoms with van der Waals surface area (Å²) in [6, 6.07) is 12.0. The summed E-state index contributed by atoms with van der Waals surface area (Å²) in [6.45, 7) is 2.67. The molecule has 3 rings (SSSR count). The summed E-state index contributed by atoms with van der Waals surface area (Å²) >= 11 is 7.26. The predicted octanol–water partition coefficient (Wildman–Crippen LogP) is 3.44. The van der Waals surface area contributed by atoms with E-state index in [1.807, 2.05) is 47.5 Å². The number of hydrogen-bond acceptors (Lipinski definition) is 4. The number of rotatable bonds is 4. The summed E-state index contributed by atoms with van der Waals surface area (Å²) in [5, 5.41) is 5.85. The molecule has 1 aliphatic heterocycles. The highest BCUT2D eigenvalue weighted by Gasteiger charge is 2.33. The van der Waals surface area contributed by atoms with Gasteiger partial charge in [-0.1, -0.05) is 23.8 Å². The third-order valence-corrected chi connectivity index (χ3v) is 7.07. The minimum absolute atomic E-state index is 0.0671. The first-order chi connectivity index (χ1) is 11.4. The van der Waals surface area contributed by atoms with Gasteiger partial charge in [0.1, 0.15) is 0 Å². The Labute approximate surface area is 152 Å². The van der Waals surface area contributed by atoms with Crippen molar-refractivity contribution in [2.45, 2.75) is 25.9 Å². The predicted molar refractivity (Wildman–Crippen MR) is 104 cm³/mol. The molecule has 1 fully saturated rings. The Balaban J connectivity index is 1.78. The average molecular weight is 381 g/mol. The number of aryl methyl sites for hydroxylation is 1. The number of thiophene rings is 1. The summed E-state index contributed by atoms with van der Waals surface area (Å²) in [7, 11) is -2.96. The van der Waals surface area contributed by atoms with Crippen LogP contribution in [0.15, 0.2) is 41.8 Å². The van der Waals surface area contributed by atoms with E-state index in [1.165, 1.54) is 10.4 Å². The zero-order valence-electron chi connectivity index (χ0n) is 13.4. The van der Waals surface area contributed by atoms with Crippen molar-refractivity contribution in [3.63, 3.8) is 0 Å². The lowest BCUT2D eigenvalue weighted by Crippen LogP contribution is -2.42. The van der Waals surface area contributed by atoms with Crippen LogP contribution in [0.1, 0.15) is 16.9 Å². The fourth-order valence-corrected chi connectivity index (χ4v) is 5.56. The lowest BCUT2D eigenvalue weighted by molar-refractivity contribution is 0.335. The fraction of sp³-hybridized carbons (Fsp3) is 0.353. The second kappa shape index (κ2) is 7.21. The molecule has 4 nitrogen and oxygen atoms in total. The lowest BCUT2D eigenvalue weighted by atomic mass is 10.2. The number of hydrogen-bond donors (Lipinski definition) is 1. The van der Waals surface area contributed by atoms with Crippen LogP contribution >= 0.6 is 23.6 Å². The quantitative estimate of drug-likeness (QED) is 0.824. The van der Waals surface area contributed by atoms with E-state index in [4.69, 9.17) is 12.2 Å². The topological polar surface area (TPSA) is 49.4 Å². The molecule has 0 radical (unpaired) electrons. The molecule has 128 valence electrons. The summed E-state index contributed by atoms with van der Waals surface area (Å²) < 4.78 is 23.8. The van der Waals surface area contributed by atoms with Gasteiger partial charge in [-0.25, -0.2) is 8.42 Å². The van der Waals surface area contributed by atoms with E-state index in [0.29, 0.717) is 18.1 Å². The van der Waals surface area contributed by atoms with Crippen molar-refractivity contribution in [1.82, 2.24) is 4.90 Å². The van der Waals surface area contributed by atoms with E-state index in [2.05, 4.69) is 11.4 Å². The highest BCUT2D eigenvalue weighted by atomic mass is 32.2. The Morgan fingerprint density at radius 3 is 2.67 bits per heavy atom. The summed E-state index contributed by atoms with van der Waals surface area (Å²) in [5.41, 5.74) is 2.10. The molecule has 1 aromatic carbocycles. The largest absolute Gasteiger partial charge is 0.340 e. The van der Waals surface area contributed by atoms with Crippen molar-refractivity contribution in [1.29, 1.82) is 0 Å². The Morgan fingerprint density at radius 1 is 1.33 bits per heavy atom. The third-order valence-electron chi connectivity index (χ3n) is 4.12. The van der Waals surface area contributed by atoms with Gasteiger partial charge < -0.3 is 10.2 Å². The van der Waals surface area contributed by atoms with Crippen LogP contribution in [0.2, 0.25) is 0 Å².